The minimum atomic E-state index is -0.0193. The van der Waals surface area contributed by atoms with Crippen LogP contribution in [-0.4, -0.2) is 36.5 Å². The van der Waals surface area contributed by atoms with E-state index in [1.54, 1.807) is 0 Å². The summed E-state index contributed by atoms with van der Waals surface area (Å²) in [5, 5.41) is 3.22. The highest BCUT2D eigenvalue weighted by Crippen LogP contribution is 2.32. The van der Waals surface area contributed by atoms with Crippen LogP contribution in [0.15, 0.2) is 12.2 Å². The number of likely N-dealkylation sites (N-methyl/N-ethyl adjacent to an activating group) is 1. The zero-order chi connectivity index (χ0) is 13.9. The van der Waals surface area contributed by atoms with Crippen LogP contribution >= 0.6 is 0 Å². The van der Waals surface area contributed by atoms with Gasteiger partial charge in [0.25, 0.3) is 0 Å². The first-order valence-electron chi connectivity index (χ1n) is 7.68. The summed E-state index contributed by atoms with van der Waals surface area (Å²) >= 11 is 0. The molecule has 3 nitrogen and oxygen atoms in total. The van der Waals surface area contributed by atoms with Gasteiger partial charge in [0.2, 0.25) is 5.91 Å². The number of hydrogen-bond donors (Lipinski definition) is 1. The van der Waals surface area contributed by atoms with Gasteiger partial charge < -0.3 is 10.2 Å². The van der Waals surface area contributed by atoms with Crippen LogP contribution in [0.3, 0.4) is 0 Å². The molecule has 1 amide bonds. The molecule has 2 atom stereocenters. The third kappa shape index (κ3) is 3.59. The smallest absolute Gasteiger partial charge is 0.240 e. The molecule has 19 heavy (non-hydrogen) atoms. The van der Waals surface area contributed by atoms with Gasteiger partial charge in [-0.3, -0.25) is 4.79 Å². The minimum Gasteiger partial charge on any atom is -0.335 e. The molecule has 0 saturated carbocycles. The second-order valence-corrected chi connectivity index (χ2v) is 6.77. The highest BCUT2D eigenvalue weighted by molar-refractivity contribution is 5.82. The molecule has 1 aliphatic heterocycles. The molecule has 108 valence electrons. The lowest BCUT2D eigenvalue weighted by atomic mass is 9.83. The lowest BCUT2D eigenvalue weighted by molar-refractivity contribution is -0.134. The normalized spacial score (nSPS) is 31.9. The van der Waals surface area contributed by atoms with Crippen LogP contribution < -0.4 is 5.32 Å². The predicted octanol–water partition coefficient (Wildman–Crippen LogP) is 2.72. The van der Waals surface area contributed by atoms with E-state index in [-0.39, 0.29) is 11.5 Å². The van der Waals surface area contributed by atoms with E-state index < -0.39 is 0 Å². The topological polar surface area (TPSA) is 32.3 Å². The van der Waals surface area contributed by atoms with Crippen LogP contribution in [0.5, 0.6) is 0 Å². The molecule has 1 aliphatic carbocycles. The molecular formula is C16H28N2O. The Morgan fingerprint density at radius 2 is 2.16 bits per heavy atom. The maximum Gasteiger partial charge on any atom is 0.240 e. The van der Waals surface area contributed by atoms with Crippen LogP contribution in [0.1, 0.15) is 52.4 Å². The Balaban J connectivity index is 2.16. The number of hydrogen-bond acceptors (Lipinski definition) is 2. The fraction of sp³-hybridized carbons (Fsp3) is 0.812. The Hall–Kier alpha value is -0.830. The molecule has 2 aliphatic rings. The first-order valence-corrected chi connectivity index (χ1v) is 7.68. The van der Waals surface area contributed by atoms with E-state index in [1.165, 1.54) is 19.3 Å². The van der Waals surface area contributed by atoms with Crippen molar-refractivity contribution in [1.29, 1.82) is 0 Å². The average Bonchev–Trinajstić information content (AvgIpc) is 2.69. The van der Waals surface area contributed by atoms with E-state index in [4.69, 9.17) is 0 Å². The molecular weight excluding hydrogens is 236 g/mol. The van der Waals surface area contributed by atoms with Crippen LogP contribution in [0.25, 0.3) is 0 Å². The maximum atomic E-state index is 12.7. The molecule has 0 bridgehead atoms. The summed E-state index contributed by atoms with van der Waals surface area (Å²) in [6, 6.07) is 0.300. The van der Waals surface area contributed by atoms with Gasteiger partial charge in [0.05, 0.1) is 12.1 Å². The molecule has 3 heteroatoms. The van der Waals surface area contributed by atoms with E-state index in [9.17, 15) is 4.79 Å². The average molecular weight is 264 g/mol. The number of nitrogens with one attached hydrogen (secondary N) is 1. The maximum absolute atomic E-state index is 12.7. The number of carbonyl (C=O) groups is 1. The highest BCUT2D eigenvalue weighted by Gasteiger charge is 2.36. The molecule has 0 radical (unpaired) electrons. The minimum absolute atomic E-state index is 0.0193. The van der Waals surface area contributed by atoms with Crippen LogP contribution in [0.2, 0.25) is 0 Å². The van der Waals surface area contributed by atoms with Gasteiger partial charge in [0.15, 0.2) is 0 Å². The molecule has 1 N–H and O–H groups in total. The van der Waals surface area contributed by atoms with Crippen LogP contribution in [0.4, 0.5) is 0 Å². The Kier molecular flexibility index (Phi) is 4.67. The quantitative estimate of drug-likeness (QED) is 0.778. The van der Waals surface area contributed by atoms with Gasteiger partial charge in [-0.1, -0.05) is 32.4 Å². The fourth-order valence-corrected chi connectivity index (χ4v) is 3.26. The summed E-state index contributed by atoms with van der Waals surface area (Å²) in [5.41, 5.74) is 0.243. The van der Waals surface area contributed by atoms with Gasteiger partial charge in [-0.15, -0.1) is 0 Å². The van der Waals surface area contributed by atoms with Gasteiger partial charge in [0.1, 0.15) is 0 Å². The van der Waals surface area contributed by atoms with Crippen molar-refractivity contribution >= 4 is 5.91 Å². The molecule has 0 aromatic carbocycles. The SMILES string of the molecule is CNC1CC(C)(C)CCN(C2C=CCCCC2)C1=O. The number of amides is 1. The molecule has 1 fully saturated rings. The number of allylic oxidation sites excluding steroid dienone is 1. The monoisotopic (exact) mass is 264 g/mol. The predicted molar refractivity (Wildman–Crippen MR) is 79.0 cm³/mol. The number of likely N-dealkylation sites (tertiary alicyclic amines) is 1. The molecule has 0 spiro atoms. The van der Waals surface area contributed by atoms with Gasteiger partial charge in [-0.05, 0) is 44.6 Å². The van der Waals surface area contributed by atoms with Gasteiger partial charge in [-0.2, -0.15) is 0 Å². The van der Waals surface area contributed by atoms with Crippen molar-refractivity contribution in [3.8, 4) is 0 Å². The third-order valence-corrected chi connectivity index (χ3v) is 4.60. The molecule has 1 saturated heterocycles. The summed E-state index contributed by atoms with van der Waals surface area (Å²) < 4.78 is 0. The number of carbonyl (C=O) groups excluding carboxylic acids is 1. The van der Waals surface area contributed by atoms with E-state index >= 15 is 0 Å². The summed E-state index contributed by atoms with van der Waals surface area (Å²) in [6.07, 6.45) is 11.3. The van der Waals surface area contributed by atoms with Gasteiger partial charge >= 0.3 is 0 Å². The molecule has 1 heterocycles. The summed E-state index contributed by atoms with van der Waals surface area (Å²) in [4.78, 5) is 14.8. The lowest BCUT2D eigenvalue weighted by Crippen LogP contribution is -2.48. The van der Waals surface area contributed by atoms with Gasteiger partial charge in [-0.25, -0.2) is 0 Å². The summed E-state index contributed by atoms with van der Waals surface area (Å²) in [6.45, 7) is 5.45. The van der Waals surface area contributed by atoms with E-state index in [2.05, 4.69) is 36.2 Å². The van der Waals surface area contributed by atoms with Gasteiger partial charge in [0, 0.05) is 6.54 Å². The summed E-state index contributed by atoms with van der Waals surface area (Å²) in [5.74, 6) is 0.296. The molecule has 2 rings (SSSR count). The number of nitrogens with zero attached hydrogens (tertiary/aromatic N) is 1. The largest absolute Gasteiger partial charge is 0.335 e. The molecule has 2 unspecified atom stereocenters. The van der Waals surface area contributed by atoms with Crippen molar-refractivity contribution in [3.63, 3.8) is 0 Å². The first-order chi connectivity index (χ1) is 9.03. The Bertz CT molecular complexity index is 349. The molecule has 0 aromatic rings. The Labute approximate surface area is 117 Å². The van der Waals surface area contributed by atoms with Crippen molar-refractivity contribution in [2.45, 2.75) is 64.5 Å². The standard InChI is InChI=1S/C16H28N2O/c1-16(2)10-11-18(15(19)14(12-16)17-3)13-8-6-4-5-7-9-13/h6,8,13-14,17H,4-5,7,9-12H2,1-3H3. The Morgan fingerprint density at radius 1 is 1.37 bits per heavy atom. The molecule has 0 aromatic heterocycles. The van der Waals surface area contributed by atoms with Crippen molar-refractivity contribution in [2.75, 3.05) is 13.6 Å². The van der Waals surface area contributed by atoms with Crippen molar-refractivity contribution in [3.05, 3.63) is 12.2 Å². The lowest BCUT2D eigenvalue weighted by Gasteiger charge is -2.30. The second kappa shape index (κ2) is 6.08. The highest BCUT2D eigenvalue weighted by atomic mass is 16.2. The second-order valence-electron chi connectivity index (χ2n) is 6.77. The van der Waals surface area contributed by atoms with E-state index in [0.717, 1.165) is 25.8 Å². The fourth-order valence-electron chi connectivity index (χ4n) is 3.26. The van der Waals surface area contributed by atoms with Crippen LogP contribution in [-0.2, 0) is 4.79 Å². The zero-order valence-corrected chi connectivity index (χ0v) is 12.6. The van der Waals surface area contributed by atoms with E-state index in [0.29, 0.717) is 11.9 Å². The van der Waals surface area contributed by atoms with Crippen molar-refractivity contribution in [1.82, 2.24) is 10.2 Å². The van der Waals surface area contributed by atoms with E-state index in [1.807, 2.05) is 7.05 Å². The zero-order valence-electron chi connectivity index (χ0n) is 12.6. The Morgan fingerprint density at radius 3 is 2.89 bits per heavy atom. The van der Waals surface area contributed by atoms with Crippen molar-refractivity contribution in [2.24, 2.45) is 5.41 Å². The third-order valence-electron chi connectivity index (χ3n) is 4.60. The first kappa shape index (κ1) is 14.6. The van der Waals surface area contributed by atoms with Crippen molar-refractivity contribution < 1.29 is 4.79 Å². The summed E-state index contributed by atoms with van der Waals surface area (Å²) in [7, 11) is 1.91. The van der Waals surface area contributed by atoms with Crippen LogP contribution in [0, 0.1) is 5.41 Å². The number of rotatable bonds is 2.